The van der Waals surface area contributed by atoms with Gasteiger partial charge < -0.3 is 20.1 Å². The molecule has 0 bridgehead atoms. The second-order valence-corrected chi connectivity index (χ2v) is 5.73. The fourth-order valence-corrected chi connectivity index (χ4v) is 2.31. The van der Waals surface area contributed by atoms with Gasteiger partial charge in [-0.1, -0.05) is 0 Å². The van der Waals surface area contributed by atoms with E-state index in [9.17, 15) is 0 Å². The second kappa shape index (κ2) is 6.14. The average Bonchev–Trinajstić information content (AvgIpc) is 3.08. The summed E-state index contributed by atoms with van der Waals surface area (Å²) in [6.45, 7) is 5.33. The molecule has 1 saturated carbocycles. The van der Waals surface area contributed by atoms with Crippen LogP contribution in [-0.2, 0) is 9.47 Å². The number of hydrogen-bond donors (Lipinski definition) is 1. The van der Waals surface area contributed by atoms with E-state index in [0.717, 1.165) is 58.3 Å². The minimum absolute atomic E-state index is 0.0521. The molecule has 2 N–H and O–H groups in total. The molecule has 100 valence electrons. The van der Waals surface area contributed by atoms with Gasteiger partial charge in [0.15, 0.2) is 0 Å². The Morgan fingerprint density at radius 1 is 1.35 bits per heavy atom. The first-order chi connectivity index (χ1) is 8.18. The van der Waals surface area contributed by atoms with Gasteiger partial charge in [0.05, 0.1) is 6.61 Å². The summed E-state index contributed by atoms with van der Waals surface area (Å²) < 4.78 is 11.0. The average molecular weight is 242 g/mol. The van der Waals surface area contributed by atoms with Gasteiger partial charge in [0.25, 0.3) is 0 Å². The Kier molecular flexibility index (Phi) is 4.79. The van der Waals surface area contributed by atoms with Crippen molar-refractivity contribution in [3.63, 3.8) is 0 Å². The fraction of sp³-hybridized carbons (Fsp3) is 1.00. The first-order valence-electron chi connectivity index (χ1n) is 6.81. The zero-order valence-electron chi connectivity index (χ0n) is 11.0. The van der Waals surface area contributed by atoms with Crippen molar-refractivity contribution in [3.8, 4) is 0 Å². The van der Waals surface area contributed by atoms with Crippen molar-refractivity contribution in [2.45, 2.75) is 31.2 Å². The van der Waals surface area contributed by atoms with Gasteiger partial charge in [-0.05, 0) is 38.6 Å². The van der Waals surface area contributed by atoms with Crippen LogP contribution in [0.1, 0.15) is 25.7 Å². The van der Waals surface area contributed by atoms with E-state index in [0.29, 0.717) is 0 Å². The molecular weight excluding hydrogens is 216 g/mol. The van der Waals surface area contributed by atoms with Crippen LogP contribution in [0.4, 0.5) is 0 Å². The summed E-state index contributed by atoms with van der Waals surface area (Å²) in [5.74, 6) is 0.858. The molecule has 2 fully saturated rings. The SMILES string of the molecule is CN(CCOCC1CC1)CC1(N)CCOCC1. The summed E-state index contributed by atoms with van der Waals surface area (Å²) in [5, 5.41) is 0. The van der Waals surface area contributed by atoms with Gasteiger partial charge in [-0.25, -0.2) is 0 Å². The topological polar surface area (TPSA) is 47.7 Å². The Labute approximate surface area is 104 Å². The standard InChI is InChI=1S/C13H26N2O2/c1-15(6-9-17-10-12-2-3-12)11-13(14)4-7-16-8-5-13/h12H,2-11,14H2,1H3. The maximum atomic E-state index is 6.36. The van der Waals surface area contributed by atoms with Crippen LogP contribution in [0.25, 0.3) is 0 Å². The van der Waals surface area contributed by atoms with Gasteiger partial charge in [0.2, 0.25) is 0 Å². The number of ether oxygens (including phenoxy) is 2. The zero-order chi connectivity index (χ0) is 12.1. The molecule has 1 saturated heterocycles. The molecule has 0 aromatic carbocycles. The molecule has 0 atom stereocenters. The highest BCUT2D eigenvalue weighted by atomic mass is 16.5. The molecule has 0 spiro atoms. The Balaban J connectivity index is 1.56. The van der Waals surface area contributed by atoms with Crippen molar-refractivity contribution < 1.29 is 9.47 Å². The minimum atomic E-state index is -0.0521. The highest BCUT2D eigenvalue weighted by molar-refractivity contribution is 4.88. The van der Waals surface area contributed by atoms with Crippen LogP contribution in [0.5, 0.6) is 0 Å². The molecular formula is C13H26N2O2. The monoisotopic (exact) mass is 242 g/mol. The summed E-state index contributed by atoms with van der Waals surface area (Å²) in [6.07, 6.45) is 4.67. The van der Waals surface area contributed by atoms with Crippen LogP contribution >= 0.6 is 0 Å². The van der Waals surface area contributed by atoms with E-state index < -0.39 is 0 Å². The van der Waals surface area contributed by atoms with Gasteiger partial charge >= 0.3 is 0 Å². The maximum Gasteiger partial charge on any atom is 0.0593 e. The van der Waals surface area contributed by atoms with Crippen molar-refractivity contribution in [2.24, 2.45) is 11.7 Å². The predicted molar refractivity (Wildman–Crippen MR) is 68.0 cm³/mol. The third-order valence-electron chi connectivity index (χ3n) is 3.74. The quantitative estimate of drug-likeness (QED) is 0.673. The summed E-state index contributed by atoms with van der Waals surface area (Å²) in [6, 6.07) is 0. The number of nitrogens with zero attached hydrogens (tertiary/aromatic N) is 1. The van der Waals surface area contributed by atoms with E-state index in [2.05, 4.69) is 11.9 Å². The fourth-order valence-electron chi connectivity index (χ4n) is 2.31. The molecule has 2 aliphatic rings. The lowest BCUT2D eigenvalue weighted by molar-refractivity contribution is 0.0351. The van der Waals surface area contributed by atoms with Crippen LogP contribution in [0.3, 0.4) is 0 Å². The van der Waals surface area contributed by atoms with Crippen LogP contribution in [0.2, 0.25) is 0 Å². The molecule has 0 amide bonds. The molecule has 1 aliphatic carbocycles. The Hall–Kier alpha value is -0.160. The van der Waals surface area contributed by atoms with Gasteiger partial charge in [-0.2, -0.15) is 0 Å². The van der Waals surface area contributed by atoms with E-state index >= 15 is 0 Å². The first kappa shape index (κ1) is 13.3. The predicted octanol–water partition coefficient (Wildman–Crippen LogP) is 0.853. The normalized spacial score (nSPS) is 24.2. The molecule has 0 aromatic rings. The highest BCUT2D eigenvalue weighted by Gasteiger charge is 2.29. The summed E-state index contributed by atoms with van der Waals surface area (Å²) in [7, 11) is 2.13. The van der Waals surface area contributed by atoms with Crippen molar-refractivity contribution in [1.29, 1.82) is 0 Å². The molecule has 2 rings (SSSR count). The van der Waals surface area contributed by atoms with Crippen LogP contribution in [0.15, 0.2) is 0 Å². The number of likely N-dealkylation sites (N-methyl/N-ethyl adjacent to an activating group) is 1. The van der Waals surface area contributed by atoms with Crippen LogP contribution in [-0.4, -0.2) is 57.0 Å². The van der Waals surface area contributed by atoms with Gasteiger partial charge in [-0.3, -0.25) is 0 Å². The molecule has 0 aromatic heterocycles. The van der Waals surface area contributed by atoms with Gasteiger partial charge in [0.1, 0.15) is 0 Å². The lowest BCUT2D eigenvalue weighted by Gasteiger charge is -2.36. The van der Waals surface area contributed by atoms with Crippen molar-refractivity contribution in [1.82, 2.24) is 4.90 Å². The van der Waals surface area contributed by atoms with Crippen molar-refractivity contribution in [2.75, 3.05) is 46.6 Å². The number of rotatable bonds is 7. The second-order valence-electron chi connectivity index (χ2n) is 5.73. The first-order valence-corrected chi connectivity index (χ1v) is 6.81. The molecule has 4 nitrogen and oxygen atoms in total. The third kappa shape index (κ3) is 4.92. The van der Waals surface area contributed by atoms with Crippen LogP contribution < -0.4 is 5.73 Å². The van der Waals surface area contributed by atoms with Crippen LogP contribution in [0, 0.1) is 5.92 Å². The number of hydrogen-bond acceptors (Lipinski definition) is 4. The molecule has 4 heteroatoms. The highest BCUT2D eigenvalue weighted by Crippen LogP contribution is 2.28. The minimum Gasteiger partial charge on any atom is -0.381 e. The molecule has 0 radical (unpaired) electrons. The molecule has 1 aliphatic heterocycles. The van der Waals surface area contributed by atoms with Gasteiger partial charge in [-0.15, -0.1) is 0 Å². The summed E-state index contributed by atoms with van der Waals surface area (Å²) in [5.41, 5.74) is 6.31. The van der Waals surface area contributed by atoms with E-state index in [1.165, 1.54) is 12.8 Å². The Bertz CT molecular complexity index is 225. The molecule has 0 unspecified atom stereocenters. The van der Waals surface area contributed by atoms with E-state index in [4.69, 9.17) is 15.2 Å². The largest absolute Gasteiger partial charge is 0.381 e. The third-order valence-corrected chi connectivity index (χ3v) is 3.74. The number of nitrogens with two attached hydrogens (primary N) is 1. The summed E-state index contributed by atoms with van der Waals surface area (Å²) >= 11 is 0. The van der Waals surface area contributed by atoms with Crippen molar-refractivity contribution in [3.05, 3.63) is 0 Å². The van der Waals surface area contributed by atoms with E-state index in [-0.39, 0.29) is 5.54 Å². The maximum absolute atomic E-state index is 6.36. The van der Waals surface area contributed by atoms with E-state index in [1.807, 2.05) is 0 Å². The zero-order valence-corrected chi connectivity index (χ0v) is 11.0. The van der Waals surface area contributed by atoms with E-state index in [1.54, 1.807) is 0 Å². The van der Waals surface area contributed by atoms with Crippen molar-refractivity contribution >= 4 is 0 Å². The van der Waals surface area contributed by atoms with Gasteiger partial charge in [0, 0.05) is 38.4 Å². The lowest BCUT2D eigenvalue weighted by atomic mass is 9.91. The Morgan fingerprint density at radius 3 is 2.71 bits per heavy atom. The lowest BCUT2D eigenvalue weighted by Crippen LogP contribution is -2.53. The summed E-state index contributed by atoms with van der Waals surface area (Å²) in [4.78, 5) is 2.29. The Morgan fingerprint density at radius 2 is 2.06 bits per heavy atom. The molecule has 1 heterocycles. The smallest absolute Gasteiger partial charge is 0.0593 e. The molecule has 17 heavy (non-hydrogen) atoms.